The minimum Gasteiger partial charge on any atom is -0.497 e. The largest absolute Gasteiger partial charge is 0.497 e. The Morgan fingerprint density at radius 1 is 1.10 bits per heavy atom. The molecule has 2 saturated heterocycles. The Labute approximate surface area is 235 Å². The number of amides is 3. The van der Waals surface area contributed by atoms with Gasteiger partial charge in [0.05, 0.1) is 25.0 Å². The second-order valence-electron chi connectivity index (χ2n) is 11.8. The van der Waals surface area contributed by atoms with E-state index >= 15 is 0 Å². The van der Waals surface area contributed by atoms with E-state index in [-0.39, 0.29) is 30.3 Å². The van der Waals surface area contributed by atoms with Gasteiger partial charge in [0.1, 0.15) is 17.4 Å². The normalized spacial score (nSPS) is 32.2. The van der Waals surface area contributed by atoms with Crippen LogP contribution in [-0.2, 0) is 25.7 Å². The van der Waals surface area contributed by atoms with Gasteiger partial charge in [-0.2, -0.15) is 0 Å². The second kappa shape index (κ2) is 10.4. The fourth-order valence-corrected chi connectivity index (χ4v) is 7.05. The highest BCUT2D eigenvalue weighted by Gasteiger charge is 2.72. The molecule has 1 aliphatic carbocycles. The summed E-state index contributed by atoms with van der Waals surface area (Å²) in [6.07, 6.45) is 7.36. The van der Waals surface area contributed by atoms with Gasteiger partial charge in [-0.15, -0.1) is 0 Å². The molecule has 3 fully saturated rings. The van der Waals surface area contributed by atoms with E-state index in [1.54, 1.807) is 36.3 Å². The fourth-order valence-electron chi connectivity index (χ4n) is 7.05. The number of likely N-dealkylation sites (tertiary alicyclic amines) is 1. The Kier molecular flexibility index (Phi) is 6.90. The van der Waals surface area contributed by atoms with E-state index in [0.29, 0.717) is 17.4 Å². The van der Waals surface area contributed by atoms with Gasteiger partial charge < -0.3 is 25.0 Å². The van der Waals surface area contributed by atoms with Crippen molar-refractivity contribution in [1.29, 1.82) is 0 Å². The smallest absolute Gasteiger partial charge is 0.246 e. The minimum atomic E-state index is -1.19. The van der Waals surface area contributed by atoms with Crippen molar-refractivity contribution in [1.82, 2.24) is 10.2 Å². The highest BCUT2D eigenvalue weighted by Crippen LogP contribution is 2.55. The first kappa shape index (κ1) is 26.6. The first-order valence-electron chi connectivity index (χ1n) is 14.3. The Balaban J connectivity index is 1.32. The van der Waals surface area contributed by atoms with Crippen LogP contribution < -0.4 is 15.4 Å². The average molecular weight is 544 g/mol. The number of hydrogen-bond acceptors (Lipinski definition) is 5. The van der Waals surface area contributed by atoms with Crippen molar-refractivity contribution < 1.29 is 23.9 Å². The van der Waals surface area contributed by atoms with Gasteiger partial charge in [-0.05, 0) is 43.4 Å². The SMILES string of the molecule is COc1cccc(NC(=O)[C@H]2[C@H]3C=C[C@@]4(O3)[C@H]2C(=O)N(Cc2ccc(C)cc2)[C@@H]4C(=O)N[C@@H]2CCCC[C@@H]2C)c1. The number of aryl methyl sites for hydroxylation is 1. The lowest BCUT2D eigenvalue weighted by Crippen LogP contribution is -2.57. The Bertz CT molecular complexity index is 1340. The van der Waals surface area contributed by atoms with Crippen molar-refractivity contribution in [3.8, 4) is 5.75 Å². The number of nitrogens with zero attached hydrogens (tertiary/aromatic N) is 1. The molecule has 1 spiro atoms. The number of hydrogen-bond donors (Lipinski definition) is 2. The molecule has 4 aliphatic rings. The molecule has 3 amide bonds. The van der Waals surface area contributed by atoms with E-state index in [2.05, 4.69) is 17.6 Å². The van der Waals surface area contributed by atoms with Crippen LogP contribution >= 0.6 is 0 Å². The summed E-state index contributed by atoms with van der Waals surface area (Å²) in [4.78, 5) is 43.6. The second-order valence-corrected chi connectivity index (χ2v) is 11.8. The number of methoxy groups -OCH3 is 1. The summed E-state index contributed by atoms with van der Waals surface area (Å²) < 4.78 is 11.8. The number of carbonyl (C=O) groups is 3. The molecule has 2 bridgehead atoms. The molecule has 40 heavy (non-hydrogen) atoms. The van der Waals surface area contributed by atoms with Crippen LogP contribution in [0.25, 0.3) is 0 Å². The van der Waals surface area contributed by atoms with Crippen LogP contribution in [0, 0.1) is 24.7 Å². The van der Waals surface area contributed by atoms with E-state index in [9.17, 15) is 14.4 Å². The third-order valence-corrected chi connectivity index (χ3v) is 9.17. The van der Waals surface area contributed by atoms with Crippen molar-refractivity contribution in [3.05, 3.63) is 71.8 Å². The molecule has 6 rings (SSSR count). The summed E-state index contributed by atoms with van der Waals surface area (Å²) >= 11 is 0. The van der Waals surface area contributed by atoms with Gasteiger partial charge in [0, 0.05) is 24.3 Å². The average Bonchev–Trinajstić information content (AvgIpc) is 3.59. The Morgan fingerprint density at radius 2 is 1.88 bits per heavy atom. The van der Waals surface area contributed by atoms with Gasteiger partial charge in [-0.3, -0.25) is 14.4 Å². The lowest BCUT2D eigenvalue weighted by Gasteiger charge is -2.36. The molecule has 210 valence electrons. The fraction of sp³-hybridized carbons (Fsp3) is 0.469. The Hall–Kier alpha value is -3.65. The molecule has 3 heterocycles. The molecule has 8 heteroatoms. The third-order valence-electron chi connectivity index (χ3n) is 9.17. The molecule has 0 unspecified atom stereocenters. The topological polar surface area (TPSA) is 97.0 Å². The standard InChI is InChI=1S/C32H37N3O5/c1-19-11-13-21(14-12-19)18-35-28(30(37)34-24-10-5-4-7-20(24)2)32-16-15-25(40-32)26(27(32)31(35)38)29(36)33-22-8-6-9-23(17-22)39-3/h6,8-9,11-17,20,24-28H,4-5,7,10,18H2,1-3H3,(H,33,36)(H,34,37)/t20-,24+,25+,26-,27+,28+,32+/m0/s1. The van der Waals surface area contributed by atoms with E-state index in [4.69, 9.17) is 9.47 Å². The van der Waals surface area contributed by atoms with E-state index in [1.165, 1.54) is 6.42 Å². The zero-order chi connectivity index (χ0) is 28.0. The number of ether oxygens (including phenoxy) is 2. The molecule has 1 saturated carbocycles. The van der Waals surface area contributed by atoms with Crippen molar-refractivity contribution in [2.24, 2.45) is 17.8 Å². The third kappa shape index (κ3) is 4.48. The Morgan fingerprint density at radius 3 is 2.62 bits per heavy atom. The molecule has 8 nitrogen and oxygen atoms in total. The molecular formula is C32H37N3O5. The van der Waals surface area contributed by atoms with Crippen LogP contribution in [0.1, 0.15) is 43.7 Å². The zero-order valence-electron chi connectivity index (χ0n) is 23.3. The predicted molar refractivity (Wildman–Crippen MR) is 150 cm³/mol. The van der Waals surface area contributed by atoms with Crippen molar-refractivity contribution in [2.45, 2.75) is 69.9 Å². The summed E-state index contributed by atoms with van der Waals surface area (Å²) in [5.74, 6) is -1.30. The highest BCUT2D eigenvalue weighted by molar-refractivity contribution is 6.02. The maximum absolute atomic E-state index is 14.2. The van der Waals surface area contributed by atoms with Gasteiger partial charge in [0.2, 0.25) is 17.7 Å². The van der Waals surface area contributed by atoms with Crippen LogP contribution in [0.15, 0.2) is 60.7 Å². The summed E-state index contributed by atoms with van der Waals surface area (Å²) in [6, 6.07) is 14.3. The van der Waals surface area contributed by atoms with Crippen LogP contribution in [0.5, 0.6) is 5.75 Å². The van der Waals surface area contributed by atoms with Gasteiger partial charge in [0.15, 0.2) is 0 Å². The molecule has 2 N–H and O–H groups in total. The predicted octanol–water partition coefficient (Wildman–Crippen LogP) is 3.99. The van der Waals surface area contributed by atoms with Crippen LogP contribution in [-0.4, -0.2) is 53.5 Å². The zero-order valence-corrected chi connectivity index (χ0v) is 23.3. The number of anilines is 1. The van der Waals surface area contributed by atoms with E-state index in [0.717, 1.165) is 30.4 Å². The van der Waals surface area contributed by atoms with Gasteiger partial charge in [-0.25, -0.2) is 0 Å². The van der Waals surface area contributed by atoms with Crippen molar-refractivity contribution in [2.75, 3.05) is 12.4 Å². The van der Waals surface area contributed by atoms with Crippen LogP contribution in [0.2, 0.25) is 0 Å². The van der Waals surface area contributed by atoms with E-state index < -0.39 is 29.6 Å². The molecule has 2 aromatic rings. The molecule has 2 aromatic carbocycles. The monoisotopic (exact) mass is 543 g/mol. The maximum Gasteiger partial charge on any atom is 0.246 e. The molecule has 3 aliphatic heterocycles. The van der Waals surface area contributed by atoms with Gasteiger partial charge in [0.25, 0.3) is 0 Å². The molecular weight excluding hydrogens is 506 g/mol. The lowest BCUT2D eigenvalue weighted by molar-refractivity contribution is -0.142. The summed E-state index contributed by atoms with van der Waals surface area (Å²) in [7, 11) is 1.57. The number of carbonyl (C=O) groups excluding carboxylic acids is 3. The summed E-state index contributed by atoms with van der Waals surface area (Å²) in [5, 5.41) is 6.24. The van der Waals surface area contributed by atoms with Gasteiger partial charge in [-0.1, -0.05) is 67.8 Å². The van der Waals surface area contributed by atoms with Crippen LogP contribution in [0.3, 0.4) is 0 Å². The van der Waals surface area contributed by atoms with Gasteiger partial charge >= 0.3 is 0 Å². The number of nitrogens with one attached hydrogen (secondary N) is 2. The molecule has 0 radical (unpaired) electrons. The minimum absolute atomic E-state index is 0.0581. The van der Waals surface area contributed by atoms with Crippen LogP contribution in [0.4, 0.5) is 5.69 Å². The lowest BCUT2D eigenvalue weighted by atomic mass is 9.74. The maximum atomic E-state index is 14.2. The number of rotatable bonds is 7. The first-order valence-corrected chi connectivity index (χ1v) is 14.3. The van der Waals surface area contributed by atoms with Crippen molar-refractivity contribution >= 4 is 23.4 Å². The number of benzene rings is 2. The number of fused-ring (bicyclic) bond motifs is 1. The van der Waals surface area contributed by atoms with E-state index in [1.807, 2.05) is 43.3 Å². The van der Waals surface area contributed by atoms with Crippen molar-refractivity contribution in [3.63, 3.8) is 0 Å². The molecule has 0 aromatic heterocycles. The summed E-state index contributed by atoms with van der Waals surface area (Å²) in [5.41, 5.74) is 1.43. The summed E-state index contributed by atoms with van der Waals surface area (Å²) in [6.45, 7) is 4.45. The highest BCUT2D eigenvalue weighted by atomic mass is 16.5. The molecule has 7 atom stereocenters. The quantitative estimate of drug-likeness (QED) is 0.515. The first-order chi connectivity index (χ1) is 19.3.